The largest absolute Gasteiger partial charge is 0.466 e. The minimum absolute atomic E-state index is 0.0895. The van der Waals surface area contributed by atoms with Gasteiger partial charge in [0.15, 0.2) is 0 Å². The molecule has 31 heavy (non-hydrogen) atoms. The van der Waals surface area contributed by atoms with Gasteiger partial charge >= 0.3 is 5.97 Å². The van der Waals surface area contributed by atoms with E-state index in [1.807, 2.05) is 35.2 Å². The third kappa shape index (κ3) is 6.65. The highest BCUT2D eigenvalue weighted by Gasteiger charge is 2.27. The van der Waals surface area contributed by atoms with Crippen LogP contribution in [-0.4, -0.2) is 48.9 Å². The molecule has 7 nitrogen and oxygen atoms in total. The van der Waals surface area contributed by atoms with Gasteiger partial charge < -0.3 is 15.4 Å². The predicted octanol–water partition coefficient (Wildman–Crippen LogP) is 2.83. The van der Waals surface area contributed by atoms with E-state index in [1.165, 1.54) is 0 Å². The first-order valence-electron chi connectivity index (χ1n) is 10.7. The SMILES string of the molecule is CCOC(=O)C1CCN(CC(=O)Nc2ccccc2C(=O)NCc2ccccc2)CC1. The summed E-state index contributed by atoms with van der Waals surface area (Å²) in [4.78, 5) is 39.1. The number of hydrogen-bond acceptors (Lipinski definition) is 5. The number of hydrogen-bond donors (Lipinski definition) is 2. The van der Waals surface area contributed by atoms with Crippen molar-refractivity contribution >= 4 is 23.5 Å². The molecule has 2 amide bonds. The highest BCUT2D eigenvalue weighted by molar-refractivity contribution is 6.04. The van der Waals surface area contributed by atoms with Crippen LogP contribution in [0.15, 0.2) is 54.6 Å². The molecule has 1 saturated heterocycles. The number of carbonyl (C=O) groups is 3. The Morgan fingerprint density at radius 1 is 1.00 bits per heavy atom. The number of rotatable bonds is 8. The van der Waals surface area contributed by atoms with E-state index in [9.17, 15) is 14.4 Å². The van der Waals surface area contributed by atoms with Crippen molar-refractivity contribution in [1.29, 1.82) is 0 Å². The molecule has 164 valence electrons. The first kappa shape index (κ1) is 22.5. The third-order valence-electron chi connectivity index (χ3n) is 5.32. The monoisotopic (exact) mass is 423 g/mol. The van der Waals surface area contributed by atoms with Crippen molar-refractivity contribution in [3.8, 4) is 0 Å². The van der Waals surface area contributed by atoms with E-state index in [0.717, 1.165) is 5.56 Å². The number of anilines is 1. The van der Waals surface area contributed by atoms with Crippen LogP contribution in [0.2, 0.25) is 0 Å². The Balaban J connectivity index is 1.51. The smallest absolute Gasteiger partial charge is 0.309 e. The zero-order chi connectivity index (χ0) is 22.1. The topological polar surface area (TPSA) is 87.7 Å². The summed E-state index contributed by atoms with van der Waals surface area (Å²) in [5.74, 6) is -0.664. The molecule has 0 bridgehead atoms. The van der Waals surface area contributed by atoms with Gasteiger partial charge in [0.05, 0.1) is 30.3 Å². The number of nitrogens with zero attached hydrogens (tertiary/aromatic N) is 1. The van der Waals surface area contributed by atoms with Crippen LogP contribution in [0.1, 0.15) is 35.7 Å². The standard InChI is InChI=1S/C24H29N3O4/c1-2-31-24(30)19-12-14-27(15-13-19)17-22(28)26-21-11-7-6-10-20(21)23(29)25-16-18-8-4-3-5-9-18/h3-11,19H,2,12-17H2,1H3,(H,25,29)(H,26,28). The van der Waals surface area contributed by atoms with Gasteiger partial charge in [-0.25, -0.2) is 0 Å². The number of piperidine rings is 1. The van der Waals surface area contributed by atoms with Gasteiger partial charge in [0.25, 0.3) is 5.91 Å². The quantitative estimate of drug-likeness (QED) is 0.638. The molecule has 3 rings (SSSR count). The lowest BCUT2D eigenvalue weighted by atomic mass is 9.97. The van der Waals surface area contributed by atoms with Gasteiger partial charge in [-0.15, -0.1) is 0 Å². The number of benzene rings is 2. The summed E-state index contributed by atoms with van der Waals surface area (Å²) in [5, 5.41) is 5.75. The third-order valence-corrected chi connectivity index (χ3v) is 5.32. The minimum atomic E-state index is -0.241. The normalized spacial score (nSPS) is 14.6. The number of amides is 2. The molecule has 0 atom stereocenters. The molecule has 0 spiro atoms. The zero-order valence-corrected chi connectivity index (χ0v) is 17.8. The van der Waals surface area contributed by atoms with Crippen LogP contribution in [0, 0.1) is 5.92 Å². The van der Waals surface area contributed by atoms with E-state index in [-0.39, 0.29) is 30.2 Å². The highest BCUT2D eigenvalue weighted by Crippen LogP contribution is 2.19. The molecular weight excluding hydrogens is 394 g/mol. The van der Waals surface area contributed by atoms with Crippen molar-refractivity contribution in [2.45, 2.75) is 26.3 Å². The number of ether oxygens (including phenoxy) is 1. The Kier molecular flexibility index (Phi) is 8.18. The van der Waals surface area contributed by atoms with E-state index in [0.29, 0.717) is 50.3 Å². The maximum absolute atomic E-state index is 12.6. The first-order chi connectivity index (χ1) is 15.1. The fourth-order valence-corrected chi connectivity index (χ4v) is 3.64. The first-order valence-corrected chi connectivity index (χ1v) is 10.7. The second kappa shape index (κ2) is 11.3. The van der Waals surface area contributed by atoms with Crippen molar-refractivity contribution < 1.29 is 19.1 Å². The summed E-state index contributed by atoms with van der Waals surface area (Å²) >= 11 is 0. The average molecular weight is 424 g/mol. The molecule has 2 aromatic rings. The summed E-state index contributed by atoms with van der Waals surface area (Å²) < 4.78 is 5.09. The lowest BCUT2D eigenvalue weighted by molar-refractivity contribution is -0.149. The lowest BCUT2D eigenvalue weighted by Crippen LogP contribution is -2.41. The van der Waals surface area contributed by atoms with Gasteiger partial charge in [-0.1, -0.05) is 42.5 Å². The van der Waals surface area contributed by atoms with Gasteiger partial charge in [-0.3, -0.25) is 19.3 Å². The maximum Gasteiger partial charge on any atom is 0.309 e. The molecule has 0 saturated carbocycles. The summed E-state index contributed by atoms with van der Waals surface area (Å²) in [6, 6.07) is 16.6. The van der Waals surface area contributed by atoms with Gasteiger partial charge in [-0.2, -0.15) is 0 Å². The van der Waals surface area contributed by atoms with Crippen LogP contribution in [0.25, 0.3) is 0 Å². The average Bonchev–Trinajstić information content (AvgIpc) is 2.79. The van der Waals surface area contributed by atoms with Crippen LogP contribution in [0.3, 0.4) is 0 Å². The second-order valence-corrected chi connectivity index (χ2v) is 7.56. The van der Waals surface area contributed by atoms with Crippen LogP contribution in [0.5, 0.6) is 0 Å². The number of nitrogens with one attached hydrogen (secondary N) is 2. The minimum Gasteiger partial charge on any atom is -0.466 e. The van der Waals surface area contributed by atoms with Gasteiger partial charge in [0.2, 0.25) is 5.91 Å². The molecule has 1 aliphatic heterocycles. The molecule has 2 aromatic carbocycles. The Morgan fingerprint density at radius 3 is 2.39 bits per heavy atom. The maximum atomic E-state index is 12.6. The fourth-order valence-electron chi connectivity index (χ4n) is 3.64. The number of likely N-dealkylation sites (tertiary alicyclic amines) is 1. The number of para-hydroxylation sites is 1. The number of esters is 1. The van der Waals surface area contributed by atoms with Crippen molar-refractivity contribution in [1.82, 2.24) is 10.2 Å². The Hall–Kier alpha value is -3.19. The van der Waals surface area contributed by atoms with Gasteiger partial charge in [-0.05, 0) is 50.6 Å². The van der Waals surface area contributed by atoms with E-state index in [4.69, 9.17) is 4.74 Å². The van der Waals surface area contributed by atoms with Crippen LogP contribution in [0.4, 0.5) is 5.69 Å². The van der Waals surface area contributed by atoms with E-state index in [1.54, 1.807) is 31.2 Å². The molecule has 2 N–H and O–H groups in total. The predicted molar refractivity (Wildman–Crippen MR) is 118 cm³/mol. The van der Waals surface area contributed by atoms with Crippen LogP contribution < -0.4 is 10.6 Å². The molecule has 1 aliphatic rings. The van der Waals surface area contributed by atoms with Crippen molar-refractivity contribution in [3.05, 3.63) is 65.7 Å². The summed E-state index contributed by atoms with van der Waals surface area (Å²) in [7, 11) is 0. The summed E-state index contributed by atoms with van der Waals surface area (Å²) in [6.45, 7) is 4.15. The molecule has 0 aliphatic carbocycles. The van der Waals surface area contributed by atoms with Crippen LogP contribution >= 0.6 is 0 Å². The number of carbonyl (C=O) groups excluding carboxylic acids is 3. The molecule has 7 heteroatoms. The summed E-state index contributed by atoms with van der Waals surface area (Å²) in [6.07, 6.45) is 1.37. The Morgan fingerprint density at radius 2 is 1.68 bits per heavy atom. The second-order valence-electron chi connectivity index (χ2n) is 7.56. The lowest BCUT2D eigenvalue weighted by Gasteiger charge is -2.30. The van der Waals surface area contributed by atoms with E-state index < -0.39 is 0 Å². The highest BCUT2D eigenvalue weighted by atomic mass is 16.5. The molecule has 0 radical (unpaired) electrons. The molecule has 0 aromatic heterocycles. The Labute approximate surface area is 182 Å². The molecule has 1 fully saturated rings. The fraction of sp³-hybridized carbons (Fsp3) is 0.375. The zero-order valence-electron chi connectivity index (χ0n) is 17.8. The summed E-state index contributed by atoms with van der Waals surface area (Å²) in [5.41, 5.74) is 1.91. The Bertz CT molecular complexity index is 893. The van der Waals surface area contributed by atoms with E-state index >= 15 is 0 Å². The van der Waals surface area contributed by atoms with Gasteiger partial charge in [0.1, 0.15) is 0 Å². The van der Waals surface area contributed by atoms with Crippen molar-refractivity contribution in [2.24, 2.45) is 5.92 Å². The molecular formula is C24H29N3O4. The molecule has 1 heterocycles. The van der Waals surface area contributed by atoms with E-state index in [2.05, 4.69) is 10.6 Å². The molecule has 0 unspecified atom stereocenters. The van der Waals surface area contributed by atoms with Gasteiger partial charge in [0, 0.05) is 6.54 Å². The van der Waals surface area contributed by atoms with Crippen molar-refractivity contribution in [3.63, 3.8) is 0 Å². The van der Waals surface area contributed by atoms with Crippen molar-refractivity contribution in [2.75, 3.05) is 31.6 Å². The van der Waals surface area contributed by atoms with Crippen LogP contribution in [-0.2, 0) is 20.9 Å².